The highest BCUT2D eigenvalue weighted by Crippen LogP contribution is 2.24. The topological polar surface area (TPSA) is 43.6 Å². The molecule has 0 spiro atoms. The summed E-state index contributed by atoms with van der Waals surface area (Å²) in [5.41, 5.74) is 0. The van der Waals surface area contributed by atoms with Crippen LogP contribution in [0.5, 0.6) is 0 Å². The van der Waals surface area contributed by atoms with Crippen LogP contribution >= 0.6 is 0 Å². The van der Waals surface area contributed by atoms with Gasteiger partial charge >= 0.3 is 0 Å². The van der Waals surface area contributed by atoms with Crippen molar-refractivity contribution in [2.24, 2.45) is 5.92 Å². The van der Waals surface area contributed by atoms with Crippen molar-refractivity contribution < 1.29 is 0 Å². The number of tetrazole rings is 1. The molecule has 1 saturated carbocycles. The number of rotatable bonds is 3. The van der Waals surface area contributed by atoms with Crippen LogP contribution in [0.1, 0.15) is 44.9 Å². The first-order chi connectivity index (χ1) is 6.90. The van der Waals surface area contributed by atoms with E-state index in [-0.39, 0.29) is 0 Å². The van der Waals surface area contributed by atoms with Crippen molar-refractivity contribution in [2.45, 2.75) is 52.0 Å². The third-order valence-electron chi connectivity index (χ3n) is 3.08. The average Bonchev–Trinajstić information content (AvgIpc) is 2.67. The van der Waals surface area contributed by atoms with Gasteiger partial charge in [-0.15, -0.1) is 5.10 Å². The molecule has 0 unspecified atom stereocenters. The number of aryl methyl sites for hydroxylation is 1. The van der Waals surface area contributed by atoms with Crippen molar-refractivity contribution in [3.63, 3.8) is 0 Å². The first kappa shape index (κ1) is 9.62. The summed E-state index contributed by atoms with van der Waals surface area (Å²) in [6, 6.07) is 0. The standard InChI is InChI=1S/C10H18N4/c1-2-10-11-12-13-14(10)8-9-6-4-3-5-7-9/h9H,2-8H2,1H3. The third kappa shape index (κ3) is 2.11. The number of hydrogen-bond donors (Lipinski definition) is 0. The second kappa shape index (κ2) is 4.53. The molecule has 1 aromatic rings. The molecule has 0 amide bonds. The minimum atomic E-state index is 0.803. The highest BCUT2D eigenvalue weighted by molar-refractivity contribution is 4.80. The van der Waals surface area contributed by atoms with Gasteiger partial charge in [0.05, 0.1) is 0 Å². The SMILES string of the molecule is CCc1nnnn1CC1CCCCC1. The molecule has 1 aliphatic rings. The Morgan fingerprint density at radius 1 is 1.29 bits per heavy atom. The Morgan fingerprint density at radius 3 is 2.79 bits per heavy atom. The lowest BCUT2D eigenvalue weighted by atomic mass is 9.89. The summed E-state index contributed by atoms with van der Waals surface area (Å²) in [6.07, 6.45) is 7.81. The van der Waals surface area contributed by atoms with Crippen LogP contribution in [0.4, 0.5) is 0 Å². The van der Waals surface area contributed by atoms with Crippen LogP contribution in [0.2, 0.25) is 0 Å². The summed E-state index contributed by atoms with van der Waals surface area (Å²) >= 11 is 0. The fraction of sp³-hybridized carbons (Fsp3) is 0.900. The van der Waals surface area contributed by atoms with Crippen molar-refractivity contribution in [3.8, 4) is 0 Å². The van der Waals surface area contributed by atoms with Gasteiger partial charge in [0.1, 0.15) is 0 Å². The van der Waals surface area contributed by atoms with Crippen molar-refractivity contribution in [1.82, 2.24) is 20.2 Å². The third-order valence-corrected chi connectivity index (χ3v) is 3.08. The van der Waals surface area contributed by atoms with E-state index >= 15 is 0 Å². The van der Waals surface area contributed by atoms with E-state index < -0.39 is 0 Å². The normalized spacial score (nSPS) is 18.6. The summed E-state index contributed by atoms with van der Waals surface area (Å²) in [5, 5.41) is 11.8. The molecule has 0 saturated heterocycles. The molecule has 14 heavy (non-hydrogen) atoms. The van der Waals surface area contributed by atoms with Gasteiger partial charge in [0.2, 0.25) is 0 Å². The lowest BCUT2D eigenvalue weighted by molar-refractivity contribution is 0.302. The molecule has 4 heteroatoms. The molecule has 78 valence electrons. The maximum absolute atomic E-state index is 4.04. The van der Waals surface area contributed by atoms with Gasteiger partial charge in [-0.05, 0) is 29.2 Å². The Kier molecular flexibility index (Phi) is 3.11. The molecule has 0 aliphatic heterocycles. The predicted molar refractivity (Wildman–Crippen MR) is 53.8 cm³/mol. The average molecular weight is 194 g/mol. The molecule has 1 heterocycles. The molecule has 1 aromatic heterocycles. The second-order valence-corrected chi connectivity index (χ2v) is 4.13. The van der Waals surface area contributed by atoms with Gasteiger partial charge in [0, 0.05) is 13.0 Å². The lowest BCUT2D eigenvalue weighted by Crippen LogP contribution is -2.16. The molecule has 4 nitrogen and oxygen atoms in total. The predicted octanol–water partition coefficient (Wildman–Crippen LogP) is 1.82. The zero-order valence-corrected chi connectivity index (χ0v) is 8.82. The minimum Gasteiger partial charge on any atom is -0.229 e. The number of nitrogens with zero attached hydrogens (tertiary/aromatic N) is 4. The Labute approximate surface area is 84.7 Å². The Balaban J connectivity index is 1.95. The monoisotopic (exact) mass is 194 g/mol. The van der Waals surface area contributed by atoms with Crippen molar-refractivity contribution in [2.75, 3.05) is 0 Å². The number of hydrogen-bond acceptors (Lipinski definition) is 3. The summed E-state index contributed by atoms with van der Waals surface area (Å²) < 4.78 is 1.98. The van der Waals surface area contributed by atoms with Crippen LogP contribution in [0.25, 0.3) is 0 Å². The summed E-state index contributed by atoms with van der Waals surface area (Å²) in [6.45, 7) is 3.12. The molecule has 0 N–H and O–H groups in total. The largest absolute Gasteiger partial charge is 0.229 e. The van der Waals surface area contributed by atoms with Crippen molar-refractivity contribution in [1.29, 1.82) is 0 Å². The molecule has 0 bridgehead atoms. The highest BCUT2D eigenvalue weighted by atomic mass is 15.5. The van der Waals surface area contributed by atoms with E-state index in [9.17, 15) is 0 Å². The second-order valence-electron chi connectivity index (χ2n) is 4.13. The first-order valence-corrected chi connectivity index (χ1v) is 5.65. The van der Waals surface area contributed by atoms with E-state index in [4.69, 9.17) is 0 Å². The molecule has 1 aliphatic carbocycles. The summed E-state index contributed by atoms with van der Waals surface area (Å²) in [5.74, 6) is 1.83. The zero-order valence-electron chi connectivity index (χ0n) is 8.82. The van der Waals surface area contributed by atoms with Crippen LogP contribution < -0.4 is 0 Å². The van der Waals surface area contributed by atoms with Crippen LogP contribution in [-0.4, -0.2) is 20.2 Å². The fourth-order valence-electron chi connectivity index (χ4n) is 2.23. The van der Waals surface area contributed by atoms with E-state index in [2.05, 4.69) is 22.4 Å². The quantitative estimate of drug-likeness (QED) is 0.737. The molecular formula is C10H18N4. The Morgan fingerprint density at radius 2 is 2.07 bits per heavy atom. The zero-order chi connectivity index (χ0) is 9.80. The van der Waals surface area contributed by atoms with E-state index in [0.717, 1.165) is 24.7 Å². The summed E-state index contributed by atoms with van der Waals surface area (Å²) in [4.78, 5) is 0. The first-order valence-electron chi connectivity index (χ1n) is 5.65. The molecule has 2 rings (SSSR count). The van der Waals surface area contributed by atoms with Crippen LogP contribution in [-0.2, 0) is 13.0 Å². The van der Waals surface area contributed by atoms with E-state index in [1.807, 2.05) is 4.68 Å². The van der Waals surface area contributed by atoms with Crippen LogP contribution in [0.15, 0.2) is 0 Å². The van der Waals surface area contributed by atoms with E-state index in [1.165, 1.54) is 32.1 Å². The Hall–Kier alpha value is -0.930. The molecule has 1 fully saturated rings. The van der Waals surface area contributed by atoms with E-state index in [1.54, 1.807) is 0 Å². The highest BCUT2D eigenvalue weighted by Gasteiger charge is 2.15. The number of aromatic nitrogens is 4. The minimum absolute atomic E-state index is 0.803. The van der Waals surface area contributed by atoms with Crippen LogP contribution in [0, 0.1) is 5.92 Å². The van der Waals surface area contributed by atoms with Gasteiger partial charge in [-0.2, -0.15) is 0 Å². The fourth-order valence-corrected chi connectivity index (χ4v) is 2.23. The molecular weight excluding hydrogens is 176 g/mol. The van der Waals surface area contributed by atoms with Gasteiger partial charge < -0.3 is 0 Å². The van der Waals surface area contributed by atoms with Gasteiger partial charge in [-0.25, -0.2) is 4.68 Å². The van der Waals surface area contributed by atoms with Crippen molar-refractivity contribution >= 4 is 0 Å². The van der Waals surface area contributed by atoms with Gasteiger partial charge in [0.25, 0.3) is 0 Å². The Bertz CT molecular complexity index is 275. The smallest absolute Gasteiger partial charge is 0.150 e. The van der Waals surface area contributed by atoms with Gasteiger partial charge in [0.15, 0.2) is 5.82 Å². The molecule has 0 atom stereocenters. The maximum Gasteiger partial charge on any atom is 0.150 e. The maximum atomic E-state index is 4.04. The van der Waals surface area contributed by atoms with Crippen molar-refractivity contribution in [3.05, 3.63) is 5.82 Å². The molecule has 0 radical (unpaired) electrons. The summed E-state index contributed by atoms with van der Waals surface area (Å²) in [7, 11) is 0. The van der Waals surface area contributed by atoms with Gasteiger partial charge in [-0.3, -0.25) is 0 Å². The molecule has 0 aromatic carbocycles. The van der Waals surface area contributed by atoms with E-state index in [0.29, 0.717) is 0 Å². The lowest BCUT2D eigenvalue weighted by Gasteiger charge is -2.21. The van der Waals surface area contributed by atoms with Gasteiger partial charge in [-0.1, -0.05) is 26.2 Å². The van der Waals surface area contributed by atoms with Crippen LogP contribution in [0.3, 0.4) is 0 Å².